The summed E-state index contributed by atoms with van der Waals surface area (Å²) in [5.41, 5.74) is 8.92. The van der Waals surface area contributed by atoms with Crippen LogP contribution in [0.3, 0.4) is 0 Å². The Morgan fingerprint density at radius 3 is 2.70 bits per heavy atom. The summed E-state index contributed by atoms with van der Waals surface area (Å²) in [4.78, 5) is 50.9. The van der Waals surface area contributed by atoms with Gasteiger partial charge in [-0.15, -0.1) is 11.3 Å². The van der Waals surface area contributed by atoms with Gasteiger partial charge >= 0.3 is 5.97 Å². The van der Waals surface area contributed by atoms with Crippen LogP contribution in [-0.4, -0.2) is 80.9 Å². The number of fused-ring (bicyclic) bond motifs is 6. The number of aromatic nitrogens is 3. The summed E-state index contributed by atoms with van der Waals surface area (Å²) in [5, 5.41) is 19.1. The van der Waals surface area contributed by atoms with Gasteiger partial charge < -0.3 is 24.5 Å². The lowest BCUT2D eigenvalue weighted by Crippen LogP contribution is -2.60. The third kappa shape index (κ3) is 7.56. The number of esters is 1. The highest BCUT2D eigenvalue weighted by Crippen LogP contribution is 2.46. The molecule has 54 heavy (non-hydrogen) atoms. The van der Waals surface area contributed by atoms with E-state index in [2.05, 4.69) is 61.2 Å². The Labute approximate surface area is 320 Å². The maximum absolute atomic E-state index is 14.1. The number of carbonyl (C=O) groups is 3. The Morgan fingerprint density at radius 2 is 1.98 bits per heavy atom. The summed E-state index contributed by atoms with van der Waals surface area (Å²) in [6, 6.07) is 8.67. The molecule has 3 N–H and O–H groups in total. The number of benzene rings is 1. The van der Waals surface area contributed by atoms with Crippen LogP contribution in [0, 0.1) is 23.2 Å². The minimum atomic E-state index is -0.856. The van der Waals surface area contributed by atoms with Gasteiger partial charge in [-0.05, 0) is 74.8 Å². The van der Waals surface area contributed by atoms with E-state index in [1.54, 1.807) is 20.2 Å². The molecule has 2 amide bonds. The normalized spacial score (nSPS) is 25.5. The maximum Gasteiger partial charge on any atom is 0.324 e. The Morgan fingerprint density at radius 1 is 1.20 bits per heavy atom. The second kappa shape index (κ2) is 15.2. The molecule has 1 aromatic carbocycles. The van der Waals surface area contributed by atoms with Crippen molar-refractivity contribution in [2.24, 2.45) is 23.2 Å². The molecule has 12 nitrogen and oxygen atoms in total. The van der Waals surface area contributed by atoms with Crippen LogP contribution in [0.15, 0.2) is 41.9 Å². The molecule has 2 aliphatic heterocycles. The molecule has 1 saturated carbocycles. The number of nitrogens with zero attached hydrogens (tertiary/aromatic N) is 4. The number of nitrogens with one attached hydrogen (secondary N) is 2. The van der Waals surface area contributed by atoms with E-state index in [4.69, 9.17) is 19.4 Å². The third-order valence-electron chi connectivity index (χ3n) is 11.4. The van der Waals surface area contributed by atoms with E-state index in [0.29, 0.717) is 32.4 Å². The number of hydrazine groups is 1. The number of hydrogen-bond acceptors (Lipinski definition) is 10. The Bertz CT molecular complexity index is 2050. The van der Waals surface area contributed by atoms with Gasteiger partial charge in [0, 0.05) is 71.6 Å². The first kappa shape index (κ1) is 38.1. The first-order valence-electron chi connectivity index (χ1n) is 19.1. The standard InChI is InChI=1S/C41H52N6O6S/c1-22(48)19-46-33-13-12-26-16-28(33)29(37(46)27-10-8-14-42-36(27)25(4)52-7)18-41(5,6)21-53-40(51)30-11-9-15-47(45-30)39(50)31(17-34-43-32(26)20-54-34)44-38(49)35-23(2)24(35)3/h8,10,12-14,16,20,22-25,30-31,35,45,48H,9,11,15,17-19,21H2,1-7H3,(H,44,49)/t22-,23-,24+,25-,30-,31-,35?/m0/s1. The number of aliphatic hydroxyl groups excluding tert-OH is 1. The van der Waals surface area contributed by atoms with Crippen LogP contribution in [0.1, 0.15) is 76.8 Å². The number of ether oxygens (including phenoxy) is 2. The molecule has 0 spiro atoms. The van der Waals surface area contributed by atoms with E-state index >= 15 is 0 Å². The van der Waals surface area contributed by atoms with Gasteiger partial charge in [0.2, 0.25) is 5.91 Å². The third-order valence-corrected chi connectivity index (χ3v) is 12.3. The van der Waals surface area contributed by atoms with E-state index in [1.807, 2.05) is 24.4 Å². The smallest absolute Gasteiger partial charge is 0.324 e. The van der Waals surface area contributed by atoms with Crippen LogP contribution in [0.2, 0.25) is 0 Å². The van der Waals surface area contributed by atoms with Crippen LogP contribution in [-0.2, 0) is 43.2 Å². The van der Waals surface area contributed by atoms with Crippen molar-refractivity contribution in [1.29, 1.82) is 0 Å². The lowest BCUT2D eigenvalue weighted by atomic mass is 9.84. The number of aliphatic hydroxyl groups is 1. The van der Waals surface area contributed by atoms with Crippen LogP contribution in [0.5, 0.6) is 0 Å². The molecule has 1 unspecified atom stereocenters. The van der Waals surface area contributed by atoms with Gasteiger partial charge in [0.25, 0.3) is 5.91 Å². The quantitative estimate of drug-likeness (QED) is 0.209. The molecule has 13 heteroatoms. The summed E-state index contributed by atoms with van der Waals surface area (Å²) >= 11 is 1.46. The summed E-state index contributed by atoms with van der Waals surface area (Å²) in [7, 11) is 1.67. The molecule has 5 heterocycles. The van der Waals surface area contributed by atoms with Crippen molar-refractivity contribution in [3.8, 4) is 22.5 Å². The molecule has 0 radical (unpaired) electrons. The van der Waals surface area contributed by atoms with Gasteiger partial charge in [-0.3, -0.25) is 24.4 Å². The van der Waals surface area contributed by atoms with E-state index in [9.17, 15) is 19.5 Å². The number of hydrogen-bond donors (Lipinski definition) is 3. The van der Waals surface area contributed by atoms with Gasteiger partial charge in [-0.25, -0.2) is 10.4 Å². The minimum Gasteiger partial charge on any atom is -0.464 e. The highest BCUT2D eigenvalue weighted by Gasteiger charge is 2.49. The maximum atomic E-state index is 14.1. The molecule has 2 fully saturated rings. The molecule has 1 aliphatic carbocycles. The van der Waals surface area contributed by atoms with Crippen LogP contribution >= 0.6 is 11.3 Å². The van der Waals surface area contributed by atoms with Gasteiger partial charge in [0.05, 0.1) is 40.9 Å². The van der Waals surface area contributed by atoms with E-state index in [-0.39, 0.29) is 48.7 Å². The molecular weight excluding hydrogens is 705 g/mol. The average molecular weight is 757 g/mol. The number of carbonyl (C=O) groups excluding carboxylic acids is 3. The van der Waals surface area contributed by atoms with Gasteiger partial charge in [-0.2, -0.15) is 0 Å². The van der Waals surface area contributed by atoms with E-state index < -0.39 is 29.6 Å². The molecule has 288 valence electrons. The Balaban J connectivity index is 1.37. The van der Waals surface area contributed by atoms with Gasteiger partial charge in [0.1, 0.15) is 12.1 Å². The molecule has 7 atom stereocenters. The highest BCUT2D eigenvalue weighted by molar-refractivity contribution is 7.10. The van der Waals surface area contributed by atoms with Crippen molar-refractivity contribution in [3.05, 3.63) is 58.2 Å². The predicted octanol–water partition coefficient (Wildman–Crippen LogP) is 5.47. The number of methoxy groups -OCH3 is 1. The summed E-state index contributed by atoms with van der Waals surface area (Å²) < 4.78 is 14.0. The zero-order valence-corrected chi connectivity index (χ0v) is 33.0. The Hall–Kier alpha value is -4.17. The van der Waals surface area contributed by atoms with Gasteiger partial charge in [0.15, 0.2) is 0 Å². The molecule has 4 aromatic rings. The van der Waals surface area contributed by atoms with Crippen molar-refractivity contribution in [1.82, 2.24) is 30.3 Å². The van der Waals surface area contributed by atoms with Crippen LogP contribution in [0.25, 0.3) is 33.4 Å². The van der Waals surface area contributed by atoms with Crippen molar-refractivity contribution in [2.45, 2.75) is 98.1 Å². The minimum absolute atomic E-state index is 0.130. The van der Waals surface area contributed by atoms with Gasteiger partial charge in [-0.1, -0.05) is 33.8 Å². The summed E-state index contributed by atoms with van der Waals surface area (Å²) in [6.45, 7) is 12.9. The average Bonchev–Trinajstić information content (AvgIpc) is 3.42. The second-order valence-corrected chi connectivity index (χ2v) is 17.2. The molecular formula is C41H52N6O6S. The topological polar surface area (TPSA) is 148 Å². The molecule has 1 saturated heterocycles. The molecule has 3 aromatic heterocycles. The second-order valence-electron chi connectivity index (χ2n) is 16.2. The predicted molar refractivity (Wildman–Crippen MR) is 207 cm³/mol. The van der Waals surface area contributed by atoms with E-state index in [0.717, 1.165) is 49.7 Å². The summed E-state index contributed by atoms with van der Waals surface area (Å²) in [5.74, 6) is -0.469. The van der Waals surface area contributed by atoms with Crippen LogP contribution < -0.4 is 10.7 Å². The van der Waals surface area contributed by atoms with Crippen molar-refractivity contribution >= 4 is 40.0 Å². The monoisotopic (exact) mass is 756 g/mol. The fourth-order valence-electron chi connectivity index (χ4n) is 8.10. The number of cyclic esters (lactones) is 1. The van der Waals surface area contributed by atoms with Crippen molar-refractivity contribution < 1.29 is 29.0 Å². The first-order chi connectivity index (χ1) is 25.8. The largest absolute Gasteiger partial charge is 0.464 e. The number of rotatable bonds is 7. The zero-order chi connectivity index (χ0) is 38.5. The Kier molecular flexibility index (Phi) is 10.7. The molecule has 6 bridgehead atoms. The zero-order valence-electron chi connectivity index (χ0n) is 32.2. The summed E-state index contributed by atoms with van der Waals surface area (Å²) in [6.07, 6.45) is 2.74. The fraction of sp³-hybridized carbons (Fsp3) is 0.537. The lowest BCUT2D eigenvalue weighted by molar-refractivity contribution is -0.155. The number of amides is 2. The van der Waals surface area contributed by atoms with Crippen LogP contribution in [0.4, 0.5) is 0 Å². The molecule has 7 rings (SSSR count). The first-order valence-corrected chi connectivity index (χ1v) is 19.9. The number of pyridine rings is 1. The SMILES string of the molecule is CO[C@@H](C)c1ncccc1-c1c2c3cc(ccc3n1C[C@H](C)O)-c1csc(n1)C[C@H](NC(=O)C1[C@@H](C)[C@H]1C)C(=O)N1CCC[C@H](N1)C(=O)OCC(C)(C)C2. The van der Waals surface area contributed by atoms with Crippen molar-refractivity contribution in [2.75, 3.05) is 20.3 Å². The lowest BCUT2D eigenvalue weighted by Gasteiger charge is -2.35. The number of thiazole rings is 1. The fourth-order valence-corrected chi connectivity index (χ4v) is 8.95. The van der Waals surface area contributed by atoms with E-state index in [1.165, 1.54) is 16.3 Å². The van der Waals surface area contributed by atoms with Crippen molar-refractivity contribution in [3.63, 3.8) is 0 Å². The highest BCUT2D eigenvalue weighted by atomic mass is 32.1. The molecule has 3 aliphatic rings.